The number of fused-ring (bicyclic) bond motifs is 3. The molecule has 2 aromatic heterocycles. The first-order valence-electron chi connectivity index (χ1n) is 4.69. The molecule has 0 amide bonds. The van der Waals surface area contributed by atoms with Crippen molar-refractivity contribution in [1.82, 2.24) is 9.97 Å². The van der Waals surface area contributed by atoms with Gasteiger partial charge in [0.15, 0.2) is 0 Å². The lowest BCUT2D eigenvalue weighted by Crippen LogP contribution is -1.90. The van der Waals surface area contributed by atoms with Crippen LogP contribution < -0.4 is 4.74 Å². The lowest BCUT2D eigenvalue weighted by Gasteiger charge is -2.00. The summed E-state index contributed by atoms with van der Waals surface area (Å²) in [6.45, 7) is 0. The number of aryl methyl sites for hydroxylation is 2. The van der Waals surface area contributed by atoms with Gasteiger partial charge < -0.3 is 4.74 Å². The largest absolute Gasteiger partial charge is 0.480 e. The van der Waals surface area contributed by atoms with E-state index in [1.807, 2.05) is 0 Å². The van der Waals surface area contributed by atoms with Gasteiger partial charge in [-0.2, -0.15) is 0 Å². The van der Waals surface area contributed by atoms with Crippen LogP contribution in [0.4, 0.5) is 0 Å². The third kappa shape index (κ3) is 0.973. The molecular formula is C10H10N2OS. The number of rotatable bonds is 1. The van der Waals surface area contributed by atoms with E-state index in [0.717, 1.165) is 22.5 Å². The Balaban J connectivity index is 2.39. The monoisotopic (exact) mass is 206 g/mol. The summed E-state index contributed by atoms with van der Waals surface area (Å²) in [6, 6.07) is 0. The van der Waals surface area contributed by atoms with Crippen molar-refractivity contribution in [2.45, 2.75) is 19.3 Å². The van der Waals surface area contributed by atoms with Crippen LogP contribution in [-0.4, -0.2) is 17.1 Å². The van der Waals surface area contributed by atoms with Gasteiger partial charge in [-0.25, -0.2) is 9.97 Å². The van der Waals surface area contributed by atoms with E-state index >= 15 is 0 Å². The molecule has 0 aliphatic heterocycles. The molecule has 4 heteroatoms. The maximum atomic E-state index is 5.27. The van der Waals surface area contributed by atoms with Gasteiger partial charge in [0.25, 0.3) is 0 Å². The average Bonchev–Trinajstić information content (AvgIpc) is 2.75. The summed E-state index contributed by atoms with van der Waals surface area (Å²) >= 11 is 1.78. The summed E-state index contributed by atoms with van der Waals surface area (Å²) in [5.74, 6) is 0.731. The van der Waals surface area contributed by atoms with Gasteiger partial charge in [0.05, 0.1) is 12.5 Å². The molecule has 1 aliphatic carbocycles. The van der Waals surface area contributed by atoms with Crippen LogP contribution in [0.5, 0.6) is 5.88 Å². The Morgan fingerprint density at radius 2 is 2.29 bits per heavy atom. The first-order valence-corrected chi connectivity index (χ1v) is 5.51. The lowest BCUT2D eigenvalue weighted by atomic mass is 10.2. The number of methoxy groups -OCH3 is 1. The molecule has 0 N–H and O–H groups in total. The van der Waals surface area contributed by atoms with Crippen LogP contribution in [-0.2, 0) is 12.8 Å². The van der Waals surface area contributed by atoms with E-state index in [1.54, 1.807) is 24.8 Å². The molecule has 0 atom stereocenters. The molecule has 14 heavy (non-hydrogen) atoms. The normalized spacial score (nSPS) is 14.6. The highest BCUT2D eigenvalue weighted by Crippen LogP contribution is 2.39. The van der Waals surface area contributed by atoms with Crippen molar-refractivity contribution in [3.05, 3.63) is 16.8 Å². The van der Waals surface area contributed by atoms with Crippen LogP contribution in [0, 0.1) is 0 Å². The standard InChI is InChI=1S/C10H10N2OS/c1-13-9-8-6-3-2-4-7(6)14-10(8)12-5-11-9/h5H,2-4H2,1H3. The smallest absolute Gasteiger partial charge is 0.225 e. The van der Waals surface area contributed by atoms with E-state index in [4.69, 9.17) is 4.74 Å². The molecule has 72 valence electrons. The molecular weight excluding hydrogens is 196 g/mol. The Morgan fingerprint density at radius 1 is 1.36 bits per heavy atom. The quantitative estimate of drug-likeness (QED) is 0.717. The molecule has 0 saturated heterocycles. The number of thiophene rings is 1. The van der Waals surface area contributed by atoms with Crippen LogP contribution in [0.2, 0.25) is 0 Å². The van der Waals surface area contributed by atoms with Crippen LogP contribution in [0.15, 0.2) is 6.33 Å². The van der Waals surface area contributed by atoms with E-state index in [2.05, 4.69) is 9.97 Å². The average molecular weight is 206 g/mol. The summed E-state index contributed by atoms with van der Waals surface area (Å²) < 4.78 is 5.27. The van der Waals surface area contributed by atoms with Gasteiger partial charge in [0.1, 0.15) is 11.2 Å². The predicted molar refractivity (Wildman–Crippen MR) is 56.0 cm³/mol. The van der Waals surface area contributed by atoms with E-state index in [-0.39, 0.29) is 0 Å². The fourth-order valence-corrected chi connectivity index (χ4v) is 3.27. The molecule has 0 fully saturated rings. The van der Waals surface area contributed by atoms with E-state index in [9.17, 15) is 0 Å². The van der Waals surface area contributed by atoms with Gasteiger partial charge in [0, 0.05) is 4.88 Å². The maximum absolute atomic E-state index is 5.27. The summed E-state index contributed by atoms with van der Waals surface area (Å²) in [7, 11) is 1.67. The summed E-state index contributed by atoms with van der Waals surface area (Å²) in [4.78, 5) is 11.0. The van der Waals surface area contributed by atoms with Crippen LogP contribution >= 0.6 is 11.3 Å². The number of hydrogen-bond acceptors (Lipinski definition) is 4. The molecule has 1 aliphatic rings. The van der Waals surface area contributed by atoms with Crippen molar-refractivity contribution in [3.8, 4) is 5.88 Å². The molecule has 3 nitrogen and oxygen atoms in total. The number of hydrogen-bond donors (Lipinski definition) is 0. The first-order chi connectivity index (χ1) is 6.90. The third-order valence-electron chi connectivity index (χ3n) is 2.66. The van der Waals surface area contributed by atoms with E-state index < -0.39 is 0 Å². The first kappa shape index (κ1) is 8.17. The van der Waals surface area contributed by atoms with Crippen molar-refractivity contribution < 1.29 is 4.74 Å². The Labute approximate surface area is 85.8 Å². The summed E-state index contributed by atoms with van der Waals surface area (Å²) in [6.07, 6.45) is 5.18. The number of nitrogens with zero attached hydrogens (tertiary/aromatic N) is 2. The van der Waals surface area contributed by atoms with Crippen molar-refractivity contribution in [3.63, 3.8) is 0 Å². The minimum Gasteiger partial charge on any atom is -0.480 e. The van der Waals surface area contributed by atoms with Gasteiger partial charge in [-0.15, -0.1) is 11.3 Å². The SMILES string of the molecule is COc1ncnc2sc3c(c12)CCC3. The summed E-state index contributed by atoms with van der Waals surface area (Å²) in [5, 5.41) is 1.15. The molecule has 0 bridgehead atoms. The highest BCUT2D eigenvalue weighted by atomic mass is 32.1. The zero-order chi connectivity index (χ0) is 9.54. The van der Waals surface area contributed by atoms with Crippen LogP contribution in [0.3, 0.4) is 0 Å². The second-order valence-corrected chi connectivity index (χ2v) is 4.50. The molecule has 0 unspecified atom stereocenters. The zero-order valence-electron chi connectivity index (χ0n) is 7.91. The van der Waals surface area contributed by atoms with Crippen molar-refractivity contribution >= 4 is 21.6 Å². The fourth-order valence-electron chi connectivity index (χ4n) is 2.05. The van der Waals surface area contributed by atoms with Gasteiger partial charge in [-0.1, -0.05) is 0 Å². The van der Waals surface area contributed by atoms with Crippen molar-refractivity contribution in [1.29, 1.82) is 0 Å². The molecule has 2 heterocycles. The minimum absolute atomic E-state index is 0.731. The van der Waals surface area contributed by atoms with Crippen molar-refractivity contribution in [2.75, 3.05) is 7.11 Å². The Morgan fingerprint density at radius 3 is 3.14 bits per heavy atom. The predicted octanol–water partition coefficient (Wildman–Crippen LogP) is 2.19. The second-order valence-electron chi connectivity index (χ2n) is 3.42. The Hall–Kier alpha value is -1.16. The third-order valence-corrected chi connectivity index (χ3v) is 3.86. The van der Waals surface area contributed by atoms with Crippen LogP contribution in [0.25, 0.3) is 10.2 Å². The lowest BCUT2D eigenvalue weighted by molar-refractivity contribution is 0.402. The fraction of sp³-hybridized carbons (Fsp3) is 0.400. The minimum atomic E-state index is 0.731. The number of aromatic nitrogens is 2. The summed E-state index contributed by atoms with van der Waals surface area (Å²) in [5.41, 5.74) is 1.42. The van der Waals surface area contributed by atoms with Gasteiger partial charge in [0.2, 0.25) is 5.88 Å². The van der Waals surface area contributed by atoms with Crippen molar-refractivity contribution in [2.24, 2.45) is 0 Å². The highest BCUT2D eigenvalue weighted by molar-refractivity contribution is 7.18. The van der Waals surface area contributed by atoms with E-state index in [0.29, 0.717) is 0 Å². The van der Waals surface area contributed by atoms with Gasteiger partial charge >= 0.3 is 0 Å². The molecule has 0 saturated carbocycles. The Kier molecular flexibility index (Phi) is 1.70. The molecule has 0 aromatic carbocycles. The maximum Gasteiger partial charge on any atom is 0.225 e. The topological polar surface area (TPSA) is 35.0 Å². The second kappa shape index (κ2) is 2.92. The molecule has 2 aromatic rings. The van der Waals surface area contributed by atoms with E-state index in [1.165, 1.54) is 23.3 Å². The number of ether oxygens (including phenoxy) is 1. The van der Waals surface area contributed by atoms with Gasteiger partial charge in [-0.05, 0) is 24.8 Å². The zero-order valence-corrected chi connectivity index (χ0v) is 8.73. The molecule has 0 radical (unpaired) electrons. The van der Waals surface area contributed by atoms with Crippen LogP contribution in [0.1, 0.15) is 16.9 Å². The molecule has 3 rings (SSSR count). The Bertz CT molecular complexity index is 492. The van der Waals surface area contributed by atoms with Gasteiger partial charge in [-0.3, -0.25) is 0 Å². The highest BCUT2D eigenvalue weighted by Gasteiger charge is 2.21. The molecule has 0 spiro atoms.